The van der Waals surface area contributed by atoms with Crippen molar-refractivity contribution in [1.29, 1.82) is 0 Å². The third-order valence-electron chi connectivity index (χ3n) is 4.52. The summed E-state index contributed by atoms with van der Waals surface area (Å²) in [4.78, 5) is 13.9. The smallest absolute Gasteiger partial charge is 0.223 e. The molecule has 2 N–H and O–H groups in total. The van der Waals surface area contributed by atoms with Crippen LogP contribution in [0.4, 0.5) is 0 Å². The Morgan fingerprint density at radius 2 is 1.90 bits per heavy atom. The molecule has 0 radical (unpaired) electrons. The van der Waals surface area contributed by atoms with Gasteiger partial charge < -0.3 is 10.2 Å². The molecule has 1 heterocycles. The summed E-state index contributed by atoms with van der Waals surface area (Å²) in [6.07, 6.45) is 10.6. The molecule has 0 aromatic rings. The van der Waals surface area contributed by atoms with Crippen LogP contribution in [0, 0.1) is 11.8 Å². The van der Waals surface area contributed by atoms with Crippen molar-refractivity contribution >= 4 is 5.91 Å². The topological polar surface area (TPSA) is 33.5 Å². The van der Waals surface area contributed by atoms with Gasteiger partial charge in [-0.1, -0.05) is 12.2 Å². The zero-order chi connectivity index (χ0) is 14.6. The Balaban J connectivity index is 1.72. The number of hydrogen-bond acceptors (Lipinski definition) is 1. The SMILES string of the molecule is CC(C)(C)NC(=O)C1CC[NH+](C[C@@H]2CC=CCC2)CC1. The largest absolute Gasteiger partial charge is 0.351 e. The summed E-state index contributed by atoms with van der Waals surface area (Å²) in [5, 5.41) is 3.13. The number of piperidine rings is 1. The van der Waals surface area contributed by atoms with Crippen molar-refractivity contribution in [3.8, 4) is 0 Å². The molecule has 2 rings (SSSR count). The highest BCUT2D eigenvalue weighted by atomic mass is 16.2. The number of rotatable bonds is 3. The molecular formula is C17H31N2O+. The Bertz CT molecular complexity index is 348. The average Bonchev–Trinajstić information content (AvgIpc) is 2.39. The highest BCUT2D eigenvalue weighted by Crippen LogP contribution is 2.17. The van der Waals surface area contributed by atoms with E-state index in [1.807, 2.05) is 0 Å². The van der Waals surface area contributed by atoms with Gasteiger partial charge in [-0.3, -0.25) is 4.79 Å². The first-order chi connectivity index (χ1) is 9.44. The fraction of sp³-hybridized carbons (Fsp3) is 0.824. The standard InChI is InChI=1S/C17H30N2O/c1-17(2,3)18-16(20)15-9-11-19(12-10-15)13-14-7-5-4-6-8-14/h4-5,14-15H,6-13H2,1-3H3,(H,18,20)/p+1/t14-/m1/s1. The first-order valence-corrected chi connectivity index (χ1v) is 8.24. The van der Waals surface area contributed by atoms with Gasteiger partial charge in [0.15, 0.2) is 0 Å². The van der Waals surface area contributed by atoms with E-state index < -0.39 is 0 Å². The lowest BCUT2D eigenvalue weighted by Crippen LogP contribution is -3.13. The van der Waals surface area contributed by atoms with Gasteiger partial charge in [0, 0.05) is 30.2 Å². The second-order valence-corrected chi connectivity index (χ2v) is 7.62. The molecule has 3 nitrogen and oxygen atoms in total. The molecule has 0 saturated carbocycles. The van der Waals surface area contributed by atoms with Crippen LogP contribution in [-0.4, -0.2) is 31.1 Å². The molecule has 2 aliphatic rings. The summed E-state index contributed by atoms with van der Waals surface area (Å²) < 4.78 is 0. The van der Waals surface area contributed by atoms with Gasteiger partial charge in [-0.2, -0.15) is 0 Å². The first-order valence-electron chi connectivity index (χ1n) is 8.24. The molecule has 1 amide bonds. The molecule has 1 fully saturated rings. The van der Waals surface area contributed by atoms with E-state index in [1.54, 1.807) is 4.90 Å². The number of amides is 1. The molecule has 0 aromatic heterocycles. The van der Waals surface area contributed by atoms with E-state index in [9.17, 15) is 4.79 Å². The molecule has 3 heteroatoms. The summed E-state index contributed by atoms with van der Waals surface area (Å²) in [6, 6.07) is 0. The van der Waals surface area contributed by atoms with Gasteiger partial charge in [0.1, 0.15) is 0 Å². The number of likely N-dealkylation sites (tertiary alicyclic amines) is 1. The molecule has 1 saturated heterocycles. The fourth-order valence-corrected chi connectivity index (χ4v) is 3.41. The second-order valence-electron chi connectivity index (χ2n) is 7.62. The zero-order valence-electron chi connectivity index (χ0n) is 13.4. The van der Waals surface area contributed by atoms with Crippen LogP contribution in [0.5, 0.6) is 0 Å². The van der Waals surface area contributed by atoms with Crippen molar-refractivity contribution in [2.24, 2.45) is 11.8 Å². The quantitative estimate of drug-likeness (QED) is 0.755. The first kappa shape index (κ1) is 15.6. The molecule has 0 unspecified atom stereocenters. The Kier molecular flexibility index (Phi) is 5.25. The van der Waals surface area contributed by atoms with Gasteiger partial charge in [0.05, 0.1) is 19.6 Å². The number of quaternary nitrogens is 1. The van der Waals surface area contributed by atoms with Crippen LogP contribution in [0.25, 0.3) is 0 Å². The normalized spacial score (nSPS) is 31.1. The average molecular weight is 279 g/mol. The van der Waals surface area contributed by atoms with Gasteiger partial charge in [-0.15, -0.1) is 0 Å². The summed E-state index contributed by atoms with van der Waals surface area (Å²) in [5.74, 6) is 1.37. The van der Waals surface area contributed by atoms with Crippen LogP contribution >= 0.6 is 0 Å². The Morgan fingerprint density at radius 3 is 2.45 bits per heavy atom. The van der Waals surface area contributed by atoms with E-state index in [0.717, 1.165) is 18.8 Å². The Hall–Kier alpha value is -0.830. The van der Waals surface area contributed by atoms with Crippen molar-refractivity contribution in [3.05, 3.63) is 12.2 Å². The van der Waals surface area contributed by atoms with Crippen molar-refractivity contribution in [1.82, 2.24) is 5.32 Å². The van der Waals surface area contributed by atoms with Gasteiger partial charge in [-0.05, 0) is 40.0 Å². The lowest BCUT2D eigenvalue weighted by molar-refractivity contribution is -0.909. The predicted octanol–water partition coefficient (Wildman–Crippen LogP) is 1.55. The Morgan fingerprint density at radius 1 is 1.20 bits per heavy atom. The summed E-state index contributed by atoms with van der Waals surface area (Å²) in [5.41, 5.74) is -0.102. The summed E-state index contributed by atoms with van der Waals surface area (Å²) in [7, 11) is 0. The van der Waals surface area contributed by atoms with E-state index in [-0.39, 0.29) is 17.4 Å². The van der Waals surface area contributed by atoms with E-state index in [2.05, 4.69) is 38.2 Å². The highest BCUT2D eigenvalue weighted by molar-refractivity contribution is 5.79. The van der Waals surface area contributed by atoms with Crippen LogP contribution in [0.2, 0.25) is 0 Å². The minimum atomic E-state index is -0.102. The molecule has 1 atom stereocenters. The maximum absolute atomic E-state index is 12.2. The number of carbonyl (C=O) groups excluding carboxylic acids is 1. The van der Waals surface area contributed by atoms with E-state index in [0.29, 0.717) is 0 Å². The number of nitrogens with one attached hydrogen (secondary N) is 2. The maximum Gasteiger partial charge on any atom is 0.223 e. The van der Waals surface area contributed by atoms with Gasteiger partial charge in [-0.25, -0.2) is 0 Å². The van der Waals surface area contributed by atoms with Crippen LogP contribution < -0.4 is 10.2 Å². The molecule has 20 heavy (non-hydrogen) atoms. The Labute approximate surface area is 123 Å². The van der Waals surface area contributed by atoms with Gasteiger partial charge in [0.2, 0.25) is 5.91 Å². The van der Waals surface area contributed by atoms with Crippen LogP contribution in [-0.2, 0) is 4.79 Å². The number of carbonyl (C=O) groups is 1. The second kappa shape index (κ2) is 6.75. The van der Waals surface area contributed by atoms with E-state index in [4.69, 9.17) is 0 Å². The molecule has 0 aromatic carbocycles. The monoisotopic (exact) mass is 279 g/mol. The van der Waals surface area contributed by atoms with Gasteiger partial charge in [0.25, 0.3) is 0 Å². The van der Waals surface area contributed by atoms with Gasteiger partial charge >= 0.3 is 0 Å². The third-order valence-corrected chi connectivity index (χ3v) is 4.52. The molecule has 0 bridgehead atoms. The van der Waals surface area contributed by atoms with Crippen molar-refractivity contribution in [2.75, 3.05) is 19.6 Å². The van der Waals surface area contributed by atoms with Crippen LogP contribution in [0.3, 0.4) is 0 Å². The molecule has 1 aliphatic carbocycles. The number of allylic oxidation sites excluding steroid dienone is 2. The fourth-order valence-electron chi connectivity index (χ4n) is 3.41. The van der Waals surface area contributed by atoms with Crippen molar-refractivity contribution < 1.29 is 9.69 Å². The molecule has 1 aliphatic heterocycles. The van der Waals surface area contributed by atoms with E-state index in [1.165, 1.54) is 38.9 Å². The molecule has 0 spiro atoms. The van der Waals surface area contributed by atoms with Crippen LogP contribution in [0.15, 0.2) is 12.2 Å². The number of hydrogen-bond donors (Lipinski definition) is 2. The van der Waals surface area contributed by atoms with Crippen molar-refractivity contribution in [3.63, 3.8) is 0 Å². The van der Waals surface area contributed by atoms with Crippen LogP contribution in [0.1, 0.15) is 52.9 Å². The predicted molar refractivity (Wildman–Crippen MR) is 82.7 cm³/mol. The zero-order valence-corrected chi connectivity index (χ0v) is 13.4. The minimum absolute atomic E-state index is 0.102. The lowest BCUT2D eigenvalue weighted by Gasteiger charge is -2.32. The summed E-state index contributed by atoms with van der Waals surface area (Å²) >= 11 is 0. The third kappa shape index (κ3) is 4.93. The summed E-state index contributed by atoms with van der Waals surface area (Å²) in [6.45, 7) is 9.81. The lowest BCUT2D eigenvalue weighted by atomic mass is 9.91. The molecule has 114 valence electrons. The maximum atomic E-state index is 12.2. The van der Waals surface area contributed by atoms with E-state index >= 15 is 0 Å². The minimum Gasteiger partial charge on any atom is -0.351 e. The molecular weight excluding hydrogens is 248 g/mol. The highest BCUT2D eigenvalue weighted by Gasteiger charge is 2.30. The van der Waals surface area contributed by atoms with Crippen molar-refractivity contribution in [2.45, 2.75) is 58.4 Å².